The Labute approximate surface area is 99.6 Å². The molecule has 0 aliphatic carbocycles. The molecule has 0 unspecified atom stereocenters. The normalized spacial score (nSPS) is 11.1. The zero-order valence-corrected chi connectivity index (χ0v) is 10.4. The summed E-state index contributed by atoms with van der Waals surface area (Å²) in [6.45, 7) is 5.63. The van der Waals surface area contributed by atoms with Gasteiger partial charge in [0, 0.05) is 12.6 Å². The smallest absolute Gasteiger partial charge is 0.276 e. The molecule has 1 aromatic heterocycles. The van der Waals surface area contributed by atoms with Crippen LogP contribution >= 0.6 is 0 Å². The molecule has 1 aromatic rings. The lowest BCUT2D eigenvalue weighted by atomic mass is 10.1. The van der Waals surface area contributed by atoms with Crippen molar-refractivity contribution in [2.75, 3.05) is 13.6 Å². The summed E-state index contributed by atoms with van der Waals surface area (Å²) in [5, 5.41) is 12.3. The number of nitrogens with zero attached hydrogens (tertiary/aromatic N) is 3. The maximum absolute atomic E-state index is 11.7. The summed E-state index contributed by atoms with van der Waals surface area (Å²) >= 11 is 0. The minimum atomic E-state index is -0.345. The highest BCUT2D eigenvalue weighted by Crippen LogP contribution is 2.00. The van der Waals surface area contributed by atoms with Crippen LogP contribution in [0.1, 0.15) is 31.3 Å². The highest BCUT2D eigenvalue weighted by atomic mass is 16.2. The van der Waals surface area contributed by atoms with Gasteiger partial charge in [0.05, 0.1) is 12.7 Å². The van der Waals surface area contributed by atoms with Crippen LogP contribution in [0.5, 0.6) is 0 Å². The van der Waals surface area contributed by atoms with E-state index in [-0.39, 0.29) is 29.6 Å². The highest BCUT2D eigenvalue weighted by molar-refractivity contribution is 5.94. The van der Waals surface area contributed by atoms with Gasteiger partial charge < -0.3 is 10.2 Å². The molecule has 7 heteroatoms. The largest absolute Gasteiger partial charge is 0.350 e. The van der Waals surface area contributed by atoms with Crippen LogP contribution in [0.25, 0.3) is 0 Å². The van der Waals surface area contributed by atoms with Crippen LogP contribution in [0, 0.1) is 0 Å². The lowest BCUT2D eigenvalue weighted by molar-refractivity contribution is -0.122. The van der Waals surface area contributed by atoms with Gasteiger partial charge in [-0.25, -0.2) is 0 Å². The Balaban J connectivity index is 2.52. The van der Waals surface area contributed by atoms with Crippen LogP contribution in [0.4, 0.5) is 0 Å². The van der Waals surface area contributed by atoms with Crippen LogP contribution in [0.3, 0.4) is 0 Å². The molecule has 0 spiro atoms. The lowest BCUT2D eigenvalue weighted by Gasteiger charge is -2.23. The number of carbonyl (C=O) groups is 2. The van der Waals surface area contributed by atoms with Crippen molar-refractivity contribution in [2.24, 2.45) is 0 Å². The van der Waals surface area contributed by atoms with Gasteiger partial charge in [-0.05, 0) is 20.8 Å². The fraction of sp³-hybridized carbons (Fsp3) is 0.600. The van der Waals surface area contributed by atoms with Gasteiger partial charge in [-0.1, -0.05) is 0 Å². The van der Waals surface area contributed by atoms with Crippen molar-refractivity contribution in [3.8, 4) is 0 Å². The van der Waals surface area contributed by atoms with Crippen LogP contribution in [0.15, 0.2) is 6.20 Å². The van der Waals surface area contributed by atoms with Gasteiger partial charge in [-0.15, -0.1) is 0 Å². The first kappa shape index (κ1) is 13.1. The molecule has 0 fully saturated rings. The third kappa shape index (κ3) is 4.21. The van der Waals surface area contributed by atoms with Gasteiger partial charge in [-0.2, -0.15) is 15.4 Å². The van der Waals surface area contributed by atoms with Gasteiger partial charge in [0.15, 0.2) is 5.69 Å². The van der Waals surface area contributed by atoms with E-state index in [4.69, 9.17) is 0 Å². The van der Waals surface area contributed by atoms with Crippen molar-refractivity contribution in [3.63, 3.8) is 0 Å². The van der Waals surface area contributed by atoms with E-state index in [2.05, 4.69) is 20.7 Å². The van der Waals surface area contributed by atoms with E-state index in [0.29, 0.717) is 0 Å². The predicted octanol–water partition coefficient (Wildman–Crippen LogP) is -0.209. The first-order valence-corrected chi connectivity index (χ1v) is 5.22. The van der Waals surface area contributed by atoms with Gasteiger partial charge >= 0.3 is 0 Å². The van der Waals surface area contributed by atoms with E-state index in [9.17, 15) is 9.59 Å². The summed E-state index contributed by atoms with van der Waals surface area (Å²) in [5.41, 5.74) is -0.120. The third-order valence-electron chi connectivity index (χ3n) is 1.88. The van der Waals surface area contributed by atoms with Gasteiger partial charge in [0.1, 0.15) is 0 Å². The quantitative estimate of drug-likeness (QED) is 0.763. The molecule has 17 heavy (non-hydrogen) atoms. The molecule has 1 heterocycles. The average Bonchev–Trinajstić information content (AvgIpc) is 2.65. The first-order valence-electron chi connectivity index (χ1n) is 5.22. The van der Waals surface area contributed by atoms with E-state index >= 15 is 0 Å². The Morgan fingerprint density at radius 3 is 2.59 bits per heavy atom. The Hall–Kier alpha value is -1.92. The minimum absolute atomic E-state index is 0.0109. The molecule has 7 nitrogen and oxygen atoms in total. The second-order valence-corrected chi connectivity index (χ2v) is 4.81. The molecule has 0 bridgehead atoms. The maximum Gasteiger partial charge on any atom is 0.276 e. The van der Waals surface area contributed by atoms with Crippen LogP contribution in [-0.2, 0) is 4.79 Å². The predicted molar refractivity (Wildman–Crippen MR) is 61.2 cm³/mol. The molecule has 0 aromatic carbocycles. The molecule has 2 amide bonds. The number of likely N-dealkylation sites (N-methyl/N-ethyl adjacent to an activating group) is 1. The number of amides is 2. The van der Waals surface area contributed by atoms with E-state index < -0.39 is 0 Å². The fourth-order valence-electron chi connectivity index (χ4n) is 1.25. The summed E-state index contributed by atoms with van der Waals surface area (Å²) in [6, 6.07) is 0. The number of hydrogen-bond donors (Lipinski definition) is 2. The number of H-pyrrole nitrogens is 1. The van der Waals surface area contributed by atoms with Crippen molar-refractivity contribution in [2.45, 2.75) is 26.3 Å². The number of aromatic amines is 1. The van der Waals surface area contributed by atoms with Crippen molar-refractivity contribution in [1.82, 2.24) is 25.6 Å². The minimum Gasteiger partial charge on any atom is -0.350 e. The Morgan fingerprint density at radius 1 is 1.47 bits per heavy atom. The summed E-state index contributed by atoms with van der Waals surface area (Å²) in [4.78, 5) is 24.6. The maximum atomic E-state index is 11.7. The first-order chi connectivity index (χ1) is 7.79. The zero-order chi connectivity index (χ0) is 13.1. The fourth-order valence-corrected chi connectivity index (χ4v) is 1.25. The third-order valence-corrected chi connectivity index (χ3v) is 1.88. The van der Waals surface area contributed by atoms with Crippen LogP contribution in [-0.4, -0.2) is 51.3 Å². The molecule has 0 atom stereocenters. The molecular formula is C10H17N5O2. The highest BCUT2D eigenvalue weighted by Gasteiger charge is 2.19. The molecule has 1 rings (SSSR count). The van der Waals surface area contributed by atoms with E-state index in [0.717, 1.165) is 0 Å². The standard InChI is InChI=1S/C10H17N5O2/c1-10(2,3)12-8(16)6-15(4)9(17)7-5-11-14-13-7/h5H,6H2,1-4H3,(H,12,16)(H,11,13,14). The number of hydrogen-bond acceptors (Lipinski definition) is 4. The van der Waals surface area contributed by atoms with Crippen molar-refractivity contribution >= 4 is 11.8 Å². The second-order valence-electron chi connectivity index (χ2n) is 4.81. The molecule has 0 saturated heterocycles. The number of rotatable bonds is 3. The lowest BCUT2D eigenvalue weighted by Crippen LogP contribution is -2.46. The molecule has 0 aliphatic heterocycles. The Bertz CT molecular complexity index is 393. The molecule has 2 N–H and O–H groups in total. The summed E-state index contributed by atoms with van der Waals surface area (Å²) < 4.78 is 0. The SMILES string of the molecule is CN(CC(=O)NC(C)(C)C)C(=O)c1cn[nH]n1. The molecule has 94 valence electrons. The summed E-state index contributed by atoms with van der Waals surface area (Å²) in [5.74, 6) is -0.556. The topological polar surface area (TPSA) is 91.0 Å². The monoisotopic (exact) mass is 239 g/mol. The van der Waals surface area contributed by atoms with Gasteiger partial charge in [-0.3, -0.25) is 9.59 Å². The van der Waals surface area contributed by atoms with Gasteiger partial charge in [0.2, 0.25) is 5.91 Å². The molecular weight excluding hydrogens is 222 g/mol. The van der Waals surface area contributed by atoms with Gasteiger partial charge in [0.25, 0.3) is 5.91 Å². The van der Waals surface area contributed by atoms with E-state index in [1.54, 1.807) is 7.05 Å². The summed E-state index contributed by atoms with van der Waals surface area (Å²) in [6.07, 6.45) is 1.32. The molecule has 0 saturated carbocycles. The Kier molecular flexibility index (Phi) is 3.82. The number of carbonyl (C=O) groups excluding carboxylic acids is 2. The molecule has 0 radical (unpaired) electrons. The van der Waals surface area contributed by atoms with Crippen LogP contribution in [0.2, 0.25) is 0 Å². The van der Waals surface area contributed by atoms with Crippen LogP contribution < -0.4 is 5.32 Å². The number of nitrogens with one attached hydrogen (secondary N) is 2. The zero-order valence-electron chi connectivity index (χ0n) is 10.4. The average molecular weight is 239 g/mol. The Morgan fingerprint density at radius 2 is 2.12 bits per heavy atom. The second kappa shape index (κ2) is 4.94. The van der Waals surface area contributed by atoms with Crippen molar-refractivity contribution < 1.29 is 9.59 Å². The van der Waals surface area contributed by atoms with E-state index in [1.807, 2.05) is 20.8 Å². The number of aromatic nitrogens is 3. The molecule has 0 aliphatic rings. The van der Waals surface area contributed by atoms with E-state index in [1.165, 1.54) is 11.1 Å². The summed E-state index contributed by atoms with van der Waals surface area (Å²) in [7, 11) is 1.54. The van der Waals surface area contributed by atoms with Crippen molar-refractivity contribution in [3.05, 3.63) is 11.9 Å². The van der Waals surface area contributed by atoms with Crippen molar-refractivity contribution in [1.29, 1.82) is 0 Å².